The molecule has 1 fully saturated rings. The van der Waals surface area contributed by atoms with Crippen molar-refractivity contribution in [3.8, 4) is 0 Å². The third-order valence-electron chi connectivity index (χ3n) is 2.97. The molecule has 0 spiro atoms. The van der Waals surface area contributed by atoms with Crippen molar-refractivity contribution in [2.75, 3.05) is 26.2 Å². The number of nitrogens with two attached hydrogens (primary N) is 1. The Balaban J connectivity index is 0. The minimum Gasteiger partial charge on any atom is -0.355 e. The molecule has 0 aliphatic heterocycles. The Labute approximate surface area is 117 Å². The Bertz CT molecular complexity index is 213. The molecule has 1 amide bonds. The van der Waals surface area contributed by atoms with Gasteiger partial charge in [0, 0.05) is 31.6 Å². The number of rotatable bonds is 7. The molecule has 0 heterocycles. The van der Waals surface area contributed by atoms with E-state index in [4.69, 9.17) is 5.73 Å². The first-order valence-electron chi connectivity index (χ1n) is 5.90. The van der Waals surface area contributed by atoms with Crippen LogP contribution in [0.2, 0.25) is 0 Å². The second-order valence-corrected chi connectivity index (χ2v) is 4.29. The van der Waals surface area contributed by atoms with E-state index in [1.165, 1.54) is 12.8 Å². The number of carbonyl (C=O) groups excluding carboxylic acids is 1. The van der Waals surface area contributed by atoms with Gasteiger partial charge in [-0.1, -0.05) is 13.8 Å². The third-order valence-corrected chi connectivity index (χ3v) is 2.97. The Kier molecular flexibility index (Phi) is 11.3. The molecule has 0 aromatic heterocycles. The largest absolute Gasteiger partial charge is 0.355 e. The SMILES string of the molecule is CCN(CCNC(=O)C(C)CN)C1CC1.Cl.Cl. The summed E-state index contributed by atoms with van der Waals surface area (Å²) in [6, 6.07) is 0.777. The molecule has 3 N–H and O–H groups in total. The summed E-state index contributed by atoms with van der Waals surface area (Å²) >= 11 is 0. The smallest absolute Gasteiger partial charge is 0.224 e. The van der Waals surface area contributed by atoms with E-state index in [0.717, 1.165) is 25.7 Å². The molecule has 6 heteroatoms. The lowest BCUT2D eigenvalue weighted by atomic mass is 10.2. The molecule has 1 atom stereocenters. The van der Waals surface area contributed by atoms with Crippen molar-refractivity contribution >= 4 is 30.7 Å². The highest BCUT2D eigenvalue weighted by molar-refractivity contribution is 5.85. The van der Waals surface area contributed by atoms with Gasteiger partial charge in [-0.25, -0.2) is 0 Å². The summed E-state index contributed by atoms with van der Waals surface area (Å²) in [6.45, 7) is 7.23. The van der Waals surface area contributed by atoms with Gasteiger partial charge in [-0.2, -0.15) is 0 Å². The van der Waals surface area contributed by atoms with E-state index < -0.39 is 0 Å². The van der Waals surface area contributed by atoms with E-state index in [1.54, 1.807) is 0 Å². The molecule has 0 radical (unpaired) electrons. The van der Waals surface area contributed by atoms with Crippen LogP contribution in [-0.2, 0) is 4.79 Å². The van der Waals surface area contributed by atoms with Crippen LogP contribution in [0.25, 0.3) is 0 Å². The zero-order valence-electron chi connectivity index (χ0n) is 10.6. The van der Waals surface area contributed by atoms with Crippen LogP contribution in [0.3, 0.4) is 0 Å². The summed E-state index contributed by atoms with van der Waals surface area (Å²) in [6.07, 6.45) is 2.64. The standard InChI is InChI=1S/C11H23N3O.2ClH/c1-3-14(10-4-5-10)7-6-13-11(15)9(2)8-12;;/h9-10H,3-8,12H2,1-2H3,(H,13,15);2*1H. The van der Waals surface area contributed by atoms with Crippen molar-refractivity contribution < 1.29 is 4.79 Å². The minimum atomic E-state index is -0.0685. The van der Waals surface area contributed by atoms with Gasteiger partial charge >= 0.3 is 0 Å². The van der Waals surface area contributed by atoms with E-state index in [-0.39, 0.29) is 36.6 Å². The maximum absolute atomic E-state index is 11.4. The molecule has 1 saturated carbocycles. The van der Waals surface area contributed by atoms with Crippen molar-refractivity contribution in [2.45, 2.75) is 32.7 Å². The van der Waals surface area contributed by atoms with E-state index >= 15 is 0 Å². The molecule has 1 unspecified atom stereocenters. The van der Waals surface area contributed by atoms with Crippen molar-refractivity contribution in [1.29, 1.82) is 0 Å². The zero-order chi connectivity index (χ0) is 11.3. The Morgan fingerprint density at radius 2 is 2.06 bits per heavy atom. The molecular weight excluding hydrogens is 261 g/mol. The minimum absolute atomic E-state index is 0. The maximum atomic E-state index is 11.4. The van der Waals surface area contributed by atoms with Crippen LogP contribution in [-0.4, -0.2) is 43.0 Å². The lowest BCUT2D eigenvalue weighted by molar-refractivity contribution is -0.124. The van der Waals surface area contributed by atoms with Crippen LogP contribution in [0.5, 0.6) is 0 Å². The lowest BCUT2D eigenvalue weighted by Crippen LogP contribution is -2.39. The van der Waals surface area contributed by atoms with Gasteiger partial charge in [0.05, 0.1) is 0 Å². The van der Waals surface area contributed by atoms with Crippen LogP contribution in [0, 0.1) is 5.92 Å². The number of nitrogens with zero attached hydrogens (tertiary/aromatic N) is 1. The molecule has 104 valence electrons. The van der Waals surface area contributed by atoms with Crippen LogP contribution in [0.4, 0.5) is 0 Å². The summed E-state index contributed by atoms with van der Waals surface area (Å²) in [5.74, 6) is 0.00496. The second-order valence-electron chi connectivity index (χ2n) is 4.29. The quantitative estimate of drug-likeness (QED) is 0.735. The molecule has 4 nitrogen and oxygen atoms in total. The van der Waals surface area contributed by atoms with Gasteiger partial charge in [0.15, 0.2) is 0 Å². The second kappa shape index (κ2) is 9.95. The first-order chi connectivity index (χ1) is 7.19. The van der Waals surface area contributed by atoms with Crippen LogP contribution in [0.15, 0.2) is 0 Å². The maximum Gasteiger partial charge on any atom is 0.224 e. The topological polar surface area (TPSA) is 58.4 Å². The van der Waals surface area contributed by atoms with Crippen molar-refractivity contribution in [3.63, 3.8) is 0 Å². The normalized spacial score (nSPS) is 15.8. The molecule has 0 aromatic rings. The van der Waals surface area contributed by atoms with Gasteiger partial charge in [-0.15, -0.1) is 24.8 Å². The summed E-state index contributed by atoms with van der Waals surface area (Å²) in [5, 5.41) is 2.92. The number of hydrogen-bond acceptors (Lipinski definition) is 3. The van der Waals surface area contributed by atoms with E-state index in [2.05, 4.69) is 17.1 Å². The van der Waals surface area contributed by atoms with E-state index in [0.29, 0.717) is 6.54 Å². The van der Waals surface area contributed by atoms with Gasteiger partial charge in [0.25, 0.3) is 0 Å². The number of nitrogens with one attached hydrogen (secondary N) is 1. The van der Waals surface area contributed by atoms with Gasteiger partial charge in [-0.3, -0.25) is 9.69 Å². The van der Waals surface area contributed by atoms with Crippen LogP contribution >= 0.6 is 24.8 Å². The number of amides is 1. The Hall–Kier alpha value is -0.0300. The fourth-order valence-corrected chi connectivity index (χ4v) is 1.64. The molecule has 0 bridgehead atoms. The number of likely N-dealkylation sites (N-methyl/N-ethyl adjacent to an activating group) is 1. The fraction of sp³-hybridized carbons (Fsp3) is 0.909. The Morgan fingerprint density at radius 1 is 1.47 bits per heavy atom. The summed E-state index contributed by atoms with van der Waals surface area (Å²) < 4.78 is 0. The van der Waals surface area contributed by atoms with Crippen molar-refractivity contribution in [2.24, 2.45) is 11.7 Å². The first-order valence-corrected chi connectivity index (χ1v) is 5.90. The van der Waals surface area contributed by atoms with Gasteiger partial charge in [0.1, 0.15) is 0 Å². The highest BCUT2D eigenvalue weighted by Crippen LogP contribution is 2.25. The average Bonchev–Trinajstić information content (AvgIpc) is 3.06. The predicted octanol–water partition coefficient (Wildman–Crippen LogP) is 1.03. The monoisotopic (exact) mass is 285 g/mol. The number of halogens is 2. The molecule has 1 aliphatic rings. The molecule has 0 aromatic carbocycles. The predicted molar refractivity (Wildman–Crippen MR) is 76.0 cm³/mol. The van der Waals surface area contributed by atoms with E-state index in [9.17, 15) is 4.79 Å². The molecule has 1 aliphatic carbocycles. The van der Waals surface area contributed by atoms with Gasteiger partial charge in [0.2, 0.25) is 5.91 Å². The lowest BCUT2D eigenvalue weighted by Gasteiger charge is -2.20. The molecule has 1 rings (SSSR count). The third kappa shape index (κ3) is 7.09. The van der Waals surface area contributed by atoms with Crippen LogP contribution < -0.4 is 11.1 Å². The highest BCUT2D eigenvalue weighted by Gasteiger charge is 2.27. The molecule has 17 heavy (non-hydrogen) atoms. The summed E-state index contributed by atoms with van der Waals surface area (Å²) in [5.41, 5.74) is 5.42. The fourth-order valence-electron chi connectivity index (χ4n) is 1.64. The van der Waals surface area contributed by atoms with E-state index in [1.807, 2.05) is 6.92 Å². The molecular formula is C11H25Cl2N3O. The summed E-state index contributed by atoms with van der Waals surface area (Å²) in [7, 11) is 0. The van der Waals surface area contributed by atoms with Gasteiger partial charge < -0.3 is 11.1 Å². The van der Waals surface area contributed by atoms with Gasteiger partial charge in [-0.05, 0) is 19.4 Å². The van der Waals surface area contributed by atoms with Crippen molar-refractivity contribution in [1.82, 2.24) is 10.2 Å². The average molecular weight is 286 g/mol. The number of hydrogen-bond donors (Lipinski definition) is 2. The van der Waals surface area contributed by atoms with Crippen molar-refractivity contribution in [3.05, 3.63) is 0 Å². The zero-order valence-corrected chi connectivity index (χ0v) is 12.3. The highest BCUT2D eigenvalue weighted by atomic mass is 35.5. The number of carbonyl (C=O) groups is 1. The molecule has 0 saturated heterocycles. The first kappa shape index (κ1) is 19.3. The van der Waals surface area contributed by atoms with Crippen LogP contribution in [0.1, 0.15) is 26.7 Å². The Morgan fingerprint density at radius 3 is 2.47 bits per heavy atom. The summed E-state index contributed by atoms with van der Waals surface area (Å²) in [4.78, 5) is 13.8.